The zero-order valence-electron chi connectivity index (χ0n) is 20.2. The van der Waals surface area contributed by atoms with Crippen molar-refractivity contribution in [3.8, 4) is 11.5 Å². The summed E-state index contributed by atoms with van der Waals surface area (Å²) < 4.78 is 42.7. The standard InChI is InChI=1S/C20H31N5O2.C2HF3O2/c1-13(2)25-9-7-14(8-10-25)21-19-15-11-17(26-5)18(27-6)12-16(15)22-20(23-19)24(3)4;3-2(4,5)1(6)7/h11-14H,7-10H2,1-6H3,(H,21,22,23);(H,6,7). The molecule has 0 atom stereocenters. The van der Waals surface area contributed by atoms with Crippen molar-refractivity contribution in [2.45, 2.75) is 44.9 Å². The van der Waals surface area contributed by atoms with Crippen LogP contribution in [0.4, 0.5) is 24.9 Å². The van der Waals surface area contributed by atoms with Gasteiger partial charge in [0.25, 0.3) is 0 Å². The number of carboxylic acid groups (broad SMARTS) is 1. The van der Waals surface area contributed by atoms with Crippen molar-refractivity contribution >= 4 is 28.6 Å². The van der Waals surface area contributed by atoms with Gasteiger partial charge in [0.15, 0.2) is 11.5 Å². The zero-order chi connectivity index (χ0) is 25.6. The number of halogens is 3. The van der Waals surface area contributed by atoms with Crippen LogP contribution >= 0.6 is 0 Å². The number of ether oxygens (including phenoxy) is 2. The molecule has 2 heterocycles. The van der Waals surface area contributed by atoms with Gasteiger partial charge in [-0.3, -0.25) is 0 Å². The van der Waals surface area contributed by atoms with Gasteiger partial charge in [0, 0.05) is 50.7 Å². The lowest BCUT2D eigenvalue weighted by Gasteiger charge is -2.35. The van der Waals surface area contributed by atoms with Gasteiger partial charge in [0.1, 0.15) is 5.82 Å². The molecule has 0 saturated carbocycles. The number of likely N-dealkylation sites (tertiary alicyclic amines) is 1. The van der Waals surface area contributed by atoms with Crippen LogP contribution in [0.15, 0.2) is 12.1 Å². The minimum Gasteiger partial charge on any atom is -0.493 e. The van der Waals surface area contributed by atoms with Crippen molar-refractivity contribution in [2.24, 2.45) is 0 Å². The topological polar surface area (TPSA) is 100 Å². The molecule has 1 aliphatic heterocycles. The number of rotatable bonds is 6. The molecule has 1 aromatic carbocycles. The molecule has 0 amide bonds. The highest BCUT2D eigenvalue weighted by Crippen LogP contribution is 2.35. The van der Waals surface area contributed by atoms with E-state index in [2.05, 4.69) is 29.0 Å². The van der Waals surface area contributed by atoms with Gasteiger partial charge in [-0.25, -0.2) is 9.78 Å². The van der Waals surface area contributed by atoms with Crippen molar-refractivity contribution in [1.82, 2.24) is 14.9 Å². The van der Waals surface area contributed by atoms with Gasteiger partial charge in [-0.2, -0.15) is 18.2 Å². The largest absolute Gasteiger partial charge is 0.493 e. The molecule has 0 radical (unpaired) electrons. The number of carbonyl (C=O) groups is 1. The molecule has 9 nitrogen and oxygen atoms in total. The molecule has 1 aromatic heterocycles. The van der Waals surface area contributed by atoms with E-state index in [1.807, 2.05) is 31.1 Å². The average Bonchev–Trinajstić information content (AvgIpc) is 2.78. The van der Waals surface area contributed by atoms with Gasteiger partial charge in [-0.15, -0.1) is 0 Å². The number of anilines is 2. The second kappa shape index (κ2) is 11.4. The number of piperidine rings is 1. The Morgan fingerprint density at radius 3 is 2.12 bits per heavy atom. The molecule has 3 rings (SSSR count). The third kappa shape index (κ3) is 6.99. The predicted octanol–water partition coefficient (Wildman–Crippen LogP) is 3.63. The summed E-state index contributed by atoms with van der Waals surface area (Å²) in [5, 5.41) is 11.7. The monoisotopic (exact) mass is 487 g/mol. The van der Waals surface area contributed by atoms with Crippen molar-refractivity contribution < 1.29 is 32.5 Å². The van der Waals surface area contributed by atoms with E-state index in [9.17, 15) is 13.2 Å². The first-order valence-electron chi connectivity index (χ1n) is 10.8. The highest BCUT2D eigenvalue weighted by Gasteiger charge is 2.38. The van der Waals surface area contributed by atoms with E-state index < -0.39 is 12.1 Å². The number of nitrogens with one attached hydrogen (secondary N) is 1. The maximum absolute atomic E-state index is 10.6. The number of hydrogen-bond acceptors (Lipinski definition) is 8. The summed E-state index contributed by atoms with van der Waals surface area (Å²) in [7, 11) is 7.19. The van der Waals surface area contributed by atoms with Crippen LogP contribution in [-0.4, -0.2) is 85.6 Å². The number of fused-ring (bicyclic) bond motifs is 1. The number of nitrogens with zero attached hydrogens (tertiary/aromatic N) is 4. The molecule has 1 aliphatic rings. The van der Waals surface area contributed by atoms with Crippen LogP contribution < -0.4 is 19.7 Å². The molecule has 1 fully saturated rings. The molecule has 2 aromatic rings. The molecule has 1 saturated heterocycles. The Bertz CT molecular complexity index is 977. The number of alkyl halides is 3. The SMILES string of the molecule is COc1cc2nc(N(C)C)nc(NC3CCN(C(C)C)CC3)c2cc1OC.O=C(O)C(F)(F)F. The summed E-state index contributed by atoms with van der Waals surface area (Å²) >= 11 is 0. The second-order valence-corrected chi connectivity index (χ2v) is 8.34. The molecule has 0 spiro atoms. The summed E-state index contributed by atoms with van der Waals surface area (Å²) in [5.41, 5.74) is 0.841. The Kier molecular flexibility index (Phi) is 9.14. The highest BCUT2D eigenvalue weighted by atomic mass is 19.4. The van der Waals surface area contributed by atoms with E-state index in [0.717, 1.165) is 42.7 Å². The fraction of sp³-hybridized carbons (Fsp3) is 0.591. The first-order valence-corrected chi connectivity index (χ1v) is 10.8. The van der Waals surface area contributed by atoms with Crippen LogP contribution in [0.2, 0.25) is 0 Å². The highest BCUT2D eigenvalue weighted by molar-refractivity contribution is 5.92. The van der Waals surface area contributed by atoms with E-state index in [-0.39, 0.29) is 0 Å². The quantitative estimate of drug-likeness (QED) is 0.633. The number of aliphatic carboxylic acids is 1. The van der Waals surface area contributed by atoms with E-state index >= 15 is 0 Å². The Hall–Kier alpha value is -3.02. The Morgan fingerprint density at radius 2 is 1.68 bits per heavy atom. The smallest absolute Gasteiger partial charge is 0.490 e. The number of carboxylic acids is 1. The second-order valence-electron chi connectivity index (χ2n) is 8.34. The van der Waals surface area contributed by atoms with Crippen molar-refractivity contribution in [2.75, 3.05) is 51.6 Å². The minimum absolute atomic E-state index is 0.404. The molecule has 34 heavy (non-hydrogen) atoms. The van der Waals surface area contributed by atoms with Crippen LogP contribution in [0, 0.1) is 0 Å². The third-order valence-electron chi connectivity index (χ3n) is 5.43. The molecular weight excluding hydrogens is 455 g/mol. The van der Waals surface area contributed by atoms with Crippen LogP contribution in [0.1, 0.15) is 26.7 Å². The summed E-state index contributed by atoms with van der Waals surface area (Å²) in [4.78, 5) is 22.8. The van der Waals surface area contributed by atoms with Crippen molar-refractivity contribution in [3.05, 3.63) is 12.1 Å². The molecule has 2 N–H and O–H groups in total. The Morgan fingerprint density at radius 1 is 1.15 bits per heavy atom. The lowest BCUT2D eigenvalue weighted by Crippen LogP contribution is -2.42. The van der Waals surface area contributed by atoms with Crippen molar-refractivity contribution in [3.63, 3.8) is 0 Å². The summed E-state index contributed by atoms with van der Waals surface area (Å²) in [6, 6.07) is 4.87. The molecule has 190 valence electrons. The molecular formula is C22H32F3N5O4. The van der Waals surface area contributed by atoms with Gasteiger partial charge >= 0.3 is 12.1 Å². The van der Waals surface area contributed by atoms with Crippen LogP contribution in [0.3, 0.4) is 0 Å². The normalized spacial score (nSPS) is 15.0. The van der Waals surface area contributed by atoms with Gasteiger partial charge in [-0.05, 0) is 32.8 Å². The third-order valence-corrected chi connectivity index (χ3v) is 5.43. The first-order chi connectivity index (χ1) is 15.9. The predicted molar refractivity (Wildman–Crippen MR) is 124 cm³/mol. The van der Waals surface area contributed by atoms with Gasteiger partial charge < -0.3 is 29.7 Å². The van der Waals surface area contributed by atoms with Crippen molar-refractivity contribution in [1.29, 1.82) is 0 Å². The lowest BCUT2D eigenvalue weighted by atomic mass is 10.0. The molecule has 0 aliphatic carbocycles. The van der Waals surface area contributed by atoms with E-state index in [4.69, 9.17) is 24.4 Å². The number of hydrogen-bond donors (Lipinski definition) is 2. The van der Waals surface area contributed by atoms with Gasteiger partial charge in [-0.1, -0.05) is 0 Å². The van der Waals surface area contributed by atoms with E-state index in [1.54, 1.807) is 14.2 Å². The number of aromatic nitrogens is 2. The van der Waals surface area contributed by atoms with Crippen LogP contribution in [0.5, 0.6) is 11.5 Å². The number of methoxy groups -OCH3 is 2. The zero-order valence-corrected chi connectivity index (χ0v) is 20.2. The van der Waals surface area contributed by atoms with Gasteiger partial charge in [0.2, 0.25) is 5.95 Å². The molecule has 12 heteroatoms. The first kappa shape index (κ1) is 27.2. The maximum atomic E-state index is 10.6. The summed E-state index contributed by atoms with van der Waals surface area (Å²) in [6.45, 7) is 6.73. The fourth-order valence-electron chi connectivity index (χ4n) is 3.51. The van der Waals surface area contributed by atoms with E-state index in [0.29, 0.717) is 29.5 Å². The van der Waals surface area contributed by atoms with Crippen LogP contribution in [0.25, 0.3) is 10.9 Å². The fourth-order valence-corrected chi connectivity index (χ4v) is 3.51. The molecule has 0 bridgehead atoms. The van der Waals surface area contributed by atoms with Gasteiger partial charge in [0.05, 0.1) is 19.7 Å². The Balaban J connectivity index is 0.000000509. The maximum Gasteiger partial charge on any atom is 0.490 e. The van der Waals surface area contributed by atoms with E-state index in [1.165, 1.54) is 0 Å². The Labute approximate surface area is 196 Å². The summed E-state index contributed by atoms with van der Waals surface area (Å²) in [6.07, 6.45) is -2.87. The molecule has 0 unspecified atom stereocenters. The van der Waals surface area contributed by atoms with Crippen LogP contribution in [-0.2, 0) is 4.79 Å². The summed E-state index contributed by atoms with van der Waals surface area (Å²) in [5.74, 6) is 0.130. The number of benzene rings is 1. The average molecular weight is 488 g/mol. The minimum atomic E-state index is -5.08. The lowest BCUT2D eigenvalue weighted by molar-refractivity contribution is -0.192.